The number of rotatable bonds is 3. The van der Waals surface area contributed by atoms with Gasteiger partial charge in [0, 0.05) is 31.2 Å². The molecule has 5 nitrogen and oxygen atoms in total. The van der Waals surface area contributed by atoms with Gasteiger partial charge in [-0.1, -0.05) is 0 Å². The third kappa shape index (κ3) is 3.37. The molecule has 0 aromatic heterocycles. The van der Waals surface area contributed by atoms with Gasteiger partial charge in [-0.2, -0.15) is 0 Å². The number of phenols is 2. The van der Waals surface area contributed by atoms with Gasteiger partial charge in [-0.3, -0.25) is 4.90 Å². The Bertz CT molecular complexity index is 416. The van der Waals surface area contributed by atoms with E-state index in [4.69, 9.17) is 10.5 Å². The maximum Gasteiger partial charge on any atom is 0.119 e. The Hall–Kier alpha value is -1.30. The van der Waals surface area contributed by atoms with Crippen LogP contribution < -0.4 is 5.73 Å². The molecule has 0 radical (unpaired) electrons. The average Bonchev–Trinajstić information content (AvgIpc) is 2.37. The van der Waals surface area contributed by atoms with E-state index in [1.807, 2.05) is 6.92 Å². The van der Waals surface area contributed by atoms with Gasteiger partial charge < -0.3 is 20.7 Å². The molecule has 1 fully saturated rings. The SMILES string of the molecule is CC(N)C1CN(C(C)c2cc(O)cc(O)c2)CCO1. The molecule has 0 bridgehead atoms. The van der Waals surface area contributed by atoms with E-state index in [9.17, 15) is 10.2 Å². The van der Waals surface area contributed by atoms with Gasteiger partial charge in [-0.05, 0) is 31.5 Å². The fourth-order valence-corrected chi connectivity index (χ4v) is 2.44. The van der Waals surface area contributed by atoms with Crippen LogP contribution in [0.5, 0.6) is 11.5 Å². The van der Waals surface area contributed by atoms with Crippen LogP contribution in [0.4, 0.5) is 0 Å². The number of morpholine rings is 1. The summed E-state index contributed by atoms with van der Waals surface area (Å²) in [6.45, 7) is 6.23. The summed E-state index contributed by atoms with van der Waals surface area (Å²) in [5.41, 5.74) is 6.78. The number of phenolic OH excluding ortho intramolecular Hbond substituents is 2. The molecule has 1 aromatic carbocycles. The Labute approximate surface area is 113 Å². The molecule has 5 heteroatoms. The van der Waals surface area contributed by atoms with Crippen molar-refractivity contribution in [1.82, 2.24) is 4.90 Å². The van der Waals surface area contributed by atoms with Gasteiger partial charge in [-0.25, -0.2) is 0 Å². The number of hydrogen-bond acceptors (Lipinski definition) is 5. The van der Waals surface area contributed by atoms with Crippen LogP contribution in [-0.2, 0) is 4.74 Å². The van der Waals surface area contributed by atoms with Crippen molar-refractivity contribution < 1.29 is 14.9 Å². The molecule has 0 spiro atoms. The zero-order valence-corrected chi connectivity index (χ0v) is 11.4. The van der Waals surface area contributed by atoms with E-state index < -0.39 is 0 Å². The molecule has 3 unspecified atom stereocenters. The van der Waals surface area contributed by atoms with Crippen LogP contribution >= 0.6 is 0 Å². The summed E-state index contributed by atoms with van der Waals surface area (Å²) in [7, 11) is 0. The van der Waals surface area contributed by atoms with Crippen molar-refractivity contribution in [3.8, 4) is 11.5 Å². The Morgan fingerprint density at radius 2 is 1.89 bits per heavy atom. The van der Waals surface area contributed by atoms with Gasteiger partial charge in [0.15, 0.2) is 0 Å². The molecule has 106 valence electrons. The molecule has 0 saturated carbocycles. The highest BCUT2D eigenvalue weighted by Crippen LogP contribution is 2.29. The van der Waals surface area contributed by atoms with Crippen LogP contribution in [0.25, 0.3) is 0 Å². The minimum Gasteiger partial charge on any atom is -0.508 e. The minimum atomic E-state index is -0.00687. The number of nitrogens with two attached hydrogens (primary N) is 1. The Morgan fingerprint density at radius 3 is 2.47 bits per heavy atom. The number of ether oxygens (including phenoxy) is 1. The monoisotopic (exact) mass is 266 g/mol. The van der Waals surface area contributed by atoms with Crippen molar-refractivity contribution in [3.05, 3.63) is 23.8 Å². The first-order valence-electron chi connectivity index (χ1n) is 6.61. The molecule has 1 aliphatic heterocycles. The number of aromatic hydroxyl groups is 2. The standard InChI is InChI=1S/C14H22N2O3/c1-9(15)14-8-16(3-4-19-14)10(2)11-5-12(17)7-13(18)6-11/h5-7,9-10,14,17-18H,3-4,8,15H2,1-2H3. The lowest BCUT2D eigenvalue weighted by Crippen LogP contribution is -2.50. The van der Waals surface area contributed by atoms with Crippen LogP contribution in [0.3, 0.4) is 0 Å². The number of benzene rings is 1. The lowest BCUT2D eigenvalue weighted by Gasteiger charge is -2.38. The fraction of sp³-hybridized carbons (Fsp3) is 0.571. The first-order chi connectivity index (χ1) is 8.97. The summed E-state index contributed by atoms with van der Waals surface area (Å²) in [6.07, 6.45) is 0.0297. The second-order valence-corrected chi connectivity index (χ2v) is 5.22. The number of nitrogens with zero attached hydrogens (tertiary/aromatic N) is 1. The highest BCUT2D eigenvalue weighted by Gasteiger charge is 2.27. The Balaban J connectivity index is 2.12. The van der Waals surface area contributed by atoms with E-state index in [1.54, 1.807) is 12.1 Å². The first kappa shape index (κ1) is 14.1. The lowest BCUT2D eigenvalue weighted by atomic mass is 10.0. The van der Waals surface area contributed by atoms with E-state index in [0.717, 1.165) is 18.7 Å². The predicted octanol–water partition coefficient (Wildman–Crippen LogP) is 1.21. The third-order valence-corrected chi connectivity index (χ3v) is 3.67. The van der Waals surface area contributed by atoms with Gasteiger partial charge in [0.25, 0.3) is 0 Å². The minimum absolute atomic E-state index is 0.00687. The molecule has 3 atom stereocenters. The van der Waals surface area contributed by atoms with Crippen LogP contribution in [-0.4, -0.2) is 47.0 Å². The van der Waals surface area contributed by atoms with Gasteiger partial charge >= 0.3 is 0 Å². The lowest BCUT2D eigenvalue weighted by molar-refractivity contribution is -0.0498. The average molecular weight is 266 g/mol. The Kier molecular flexibility index (Phi) is 4.29. The molecular formula is C14H22N2O3. The van der Waals surface area contributed by atoms with Crippen molar-refractivity contribution in [2.24, 2.45) is 5.73 Å². The number of hydrogen-bond donors (Lipinski definition) is 3. The second kappa shape index (κ2) is 5.77. The van der Waals surface area contributed by atoms with E-state index in [2.05, 4.69) is 11.8 Å². The largest absolute Gasteiger partial charge is 0.508 e. The van der Waals surface area contributed by atoms with Crippen LogP contribution in [0.2, 0.25) is 0 Å². The van der Waals surface area contributed by atoms with Crippen molar-refractivity contribution in [1.29, 1.82) is 0 Å². The summed E-state index contributed by atoms with van der Waals surface area (Å²) in [6, 6.07) is 4.79. The van der Waals surface area contributed by atoms with Gasteiger partial charge in [0.1, 0.15) is 11.5 Å². The fourth-order valence-electron chi connectivity index (χ4n) is 2.44. The highest BCUT2D eigenvalue weighted by atomic mass is 16.5. The Morgan fingerprint density at radius 1 is 1.26 bits per heavy atom. The molecule has 4 N–H and O–H groups in total. The van der Waals surface area contributed by atoms with Crippen molar-refractivity contribution in [2.45, 2.75) is 32.0 Å². The van der Waals surface area contributed by atoms with Crippen LogP contribution in [0.15, 0.2) is 18.2 Å². The summed E-state index contributed by atoms with van der Waals surface area (Å²) < 4.78 is 5.64. The van der Waals surface area contributed by atoms with E-state index in [0.29, 0.717) is 6.61 Å². The highest BCUT2D eigenvalue weighted by molar-refractivity contribution is 5.38. The third-order valence-electron chi connectivity index (χ3n) is 3.67. The normalized spacial score (nSPS) is 24.1. The van der Waals surface area contributed by atoms with Gasteiger partial charge in [-0.15, -0.1) is 0 Å². The van der Waals surface area contributed by atoms with Crippen molar-refractivity contribution in [3.63, 3.8) is 0 Å². The molecule has 2 rings (SSSR count). The molecule has 0 amide bonds. The smallest absolute Gasteiger partial charge is 0.119 e. The molecule has 1 aliphatic rings. The summed E-state index contributed by atoms with van der Waals surface area (Å²) in [4.78, 5) is 2.26. The van der Waals surface area contributed by atoms with E-state index in [-0.39, 0.29) is 29.7 Å². The van der Waals surface area contributed by atoms with Crippen LogP contribution in [0.1, 0.15) is 25.5 Å². The molecule has 1 saturated heterocycles. The molecular weight excluding hydrogens is 244 g/mol. The van der Waals surface area contributed by atoms with E-state index >= 15 is 0 Å². The molecule has 1 heterocycles. The second-order valence-electron chi connectivity index (χ2n) is 5.22. The van der Waals surface area contributed by atoms with E-state index in [1.165, 1.54) is 6.07 Å². The quantitative estimate of drug-likeness (QED) is 0.766. The summed E-state index contributed by atoms with van der Waals surface area (Å²) in [5, 5.41) is 19.1. The maximum atomic E-state index is 9.56. The van der Waals surface area contributed by atoms with Gasteiger partial charge in [0.2, 0.25) is 0 Å². The first-order valence-corrected chi connectivity index (χ1v) is 6.61. The zero-order chi connectivity index (χ0) is 14.0. The van der Waals surface area contributed by atoms with Crippen molar-refractivity contribution in [2.75, 3.05) is 19.7 Å². The van der Waals surface area contributed by atoms with Gasteiger partial charge in [0.05, 0.1) is 12.7 Å². The molecule has 19 heavy (non-hydrogen) atoms. The summed E-state index contributed by atoms with van der Waals surface area (Å²) in [5.74, 6) is 0.165. The topological polar surface area (TPSA) is 79.0 Å². The predicted molar refractivity (Wildman–Crippen MR) is 73.1 cm³/mol. The molecule has 0 aliphatic carbocycles. The summed E-state index contributed by atoms with van der Waals surface area (Å²) >= 11 is 0. The maximum absolute atomic E-state index is 9.56. The van der Waals surface area contributed by atoms with Crippen LogP contribution in [0, 0.1) is 0 Å². The van der Waals surface area contributed by atoms with Crippen molar-refractivity contribution >= 4 is 0 Å². The molecule has 1 aromatic rings. The zero-order valence-electron chi connectivity index (χ0n) is 11.4.